The Morgan fingerprint density at radius 3 is 2.57 bits per heavy atom. The van der Waals surface area contributed by atoms with E-state index in [0.29, 0.717) is 17.1 Å². The minimum Gasteiger partial charge on any atom is -0.465 e. The lowest BCUT2D eigenvalue weighted by Gasteiger charge is -2.09. The second-order valence-electron chi connectivity index (χ2n) is 5.11. The van der Waals surface area contributed by atoms with Gasteiger partial charge in [-0.3, -0.25) is 4.79 Å². The summed E-state index contributed by atoms with van der Waals surface area (Å²) in [5.41, 5.74) is 1.01. The van der Waals surface area contributed by atoms with Gasteiger partial charge in [-0.25, -0.2) is 14.8 Å². The summed E-state index contributed by atoms with van der Waals surface area (Å²) in [5, 5.41) is 5.76. The van der Waals surface area contributed by atoms with Crippen LogP contribution in [-0.4, -0.2) is 35.0 Å². The molecule has 0 spiro atoms. The highest BCUT2D eigenvalue weighted by atomic mass is 16.5. The van der Waals surface area contributed by atoms with Crippen molar-refractivity contribution in [3.63, 3.8) is 0 Å². The number of nitrogens with one attached hydrogen (secondary N) is 2. The summed E-state index contributed by atoms with van der Waals surface area (Å²) in [4.78, 5) is 31.8. The van der Waals surface area contributed by atoms with Crippen molar-refractivity contribution < 1.29 is 14.3 Å². The van der Waals surface area contributed by atoms with Crippen molar-refractivity contribution >= 4 is 23.4 Å². The average molecular weight is 314 g/mol. The van der Waals surface area contributed by atoms with Crippen molar-refractivity contribution in [2.24, 2.45) is 0 Å². The van der Waals surface area contributed by atoms with E-state index in [9.17, 15) is 9.59 Å². The van der Waals surface area contributed by atoms with Crippen LogP contribution in [0.4, 0.5) is 11.5 Å². The van der Waals surface area contributed by atoms with Crippen LogP contribution in [0.25, 0.3) is 0 Å². The molecule has 0 aliphatic heterocycles. The molecular formula is C16H18N4O3. The molecule has 7 heteroatoms. The maximum Gasteiger partial charge on any atom is 0.337 e. The smallest absolute Gasteiger partial charge is 0.337 e. The summed E-state index contributed by atoms with van der Waals surface area (Å²) in [6, 6.07) is 6.69. The zero-order valence-electron chi connectivity index (χ0n) is 13.2. The Balaban J connectivity index is 2.08. The van der Waals surface area contributed by atoms with E-state index < -0.39 is 11.9 Å². The number of benzene rings is 1. The molecular weight excluding hydrogens is 296 g/mol. The van der Waals surface area contributed by atoms with E-state index in [1.807, 2.05) is 13.8 Å². The number of methoxy groups -OCH3 is 1. The zero-order chi connectivity index (χ0) is 16.8. The summed E-state index contributed by atoms with van der Waals surface area (Å²) >= 11 is 0. The third kappa shape index (κ3) is 4.50. The summed E-state index contributed by atoms with van der Waals surface area (Å²) in [5.74, 6) is -0.273. The number of nitrogens with zero attached hydrogens (tertiary/aromatic N) is 2. The number of ether oxygens (including phenoxy) is 1. The Bertz CT molecular complexity index is 699. The van der Waals surface area contributed by atoms with Gasteiger partial charge in [-0.1, -0.05) is 6.07 Å². The van der Waals surface area contributed by atoms with Gasteiger partial charge in [0.25, 0.3) is 5.91 Å². The Hall–Kier alpha value is -2.96. The van der Waals surface area contributed by atoms with Crippen LogP contribution in [0.3, 0.4) is 0 Å². The molecule has 1 aromatic carbocycles. The van der Waals surface area contributed by atoms with Gasteiger partial charge in [0.1, 0.15) is 11.5 Å². The summed E-state index contributed by atoms with van der Waals surface area (Å²) in [7, 11) is 1.30. The van der Waals surface area contributed by atoms with E-state index in [0.717, 1.165) is 0 Å². The molecule has 2 rings (SSSR count). The first kappa shape index (κ1) is 16.4. The third-order valence-corrected chi connectivity index (χ3v) is 2.86. The van der Waals surface area contributed by atoms with Crippen molar-refractivity contribution in [1.29, 1.82) is 0 Å². The lowest BCUT2D eigenvalue weighted by Crippen LogP contribution is -2.16. The number of rotatable bonds is 5. The number of aromatic nitrogens is 2. The maximum atomic E-state index is 12.1. The first-order valence-electron chi connectivity index (χ1n) is 7.08. The highest BCUT2D eigenvalue weighted by Crippen LogP contribution is 2.13. The van der Waals surface area contributed by atoms with Gasteiger partial charge in [0.05, 0.1) is 25.1 Å². The molecule has 0 aliphatic carbocycles. The highest BCUT2D eigenvalue weighted by Gasteiger charge is 2.11. The van der Waals surface area contributed by atoms with Crippen molar-refractivity contribution in [2.75, 3.05) is 17.7 Å². The lowest BCUT2D eigenvalue weighted by molar-refractivity contribution is 0.0600. The number of anilines is 2. The topological polar surface area (TPSA) is 93.2 Å². The molecule has 7 nitrogen and oxygen atoms in total. The molecule has 0 saturated heterocycles. The van der Waals surface area contributed by atoms with E-state index in [-0.39, 0.29) is 11.7 Å². The fourth-order valence-electron chi connectivity index (χ4n) is 1.85. The standard InChI is InChI=1S/C16H18N4O3/c1-10(2)19-14-9-17-13(8-18-14)15(21)20-12-6-4-5-11(7-12)16(22)23-3/h4-10H,1-3H3,(H,18,19)(H,20,21). The van der Waals surface area contributed by atoms with Crippen LogP contribution in [0.15, 0.2) is 36.7 Å². The second kappa shape index (κ2) is 7.35. The summed E-state index contributed by atoms with van der Waals surface area (Å²) in [6.45, 7) is 3.97. The maximum absolute atomic E-state index is 12.1. The Labute approximate surface area is 134 Å². The Kier molecular flexibility index (Phi) is 5.24. The molecule has 0 radical (unpaired) electrons. The van der Waals surface area contributed by atoms with Gasteiger partial charge in [0.15, 0.2) is 0 Å². The molecule has 1 heterocycles. The number of hydrogen-bond acceptors (Lipinski definition) is 6. The third-order valence-electron chi connectivity index (χ3n) is 2.86. The van der Waals surface area contributed by atoms with Crippen molar-refractivity contribution in [3.05, 3.63) is 47.9 Å². The van der Waals surface area contributed by atoms with E-state index >= 15 is 0 Å². The van der Waals surface area contributed by atoms with Crippen LogP contribution >= 0.6 is 0 Å². The SMILES string of the molecule is COC(=O)c1cccc(NC(=O)c2cnc(NC(C)C)cn2)c1. The van der Waals surface area contributed by atoms with Gasteiger partial charge in [0, 0.05) is 11.7 Å². The molecule has 0 fully saturated rings. The fraction of sp³-hybridized carbons (Fsp3) is 0.250. The van der Waals surface area contributed by atoms with Gasteiger partial charge < -0.3 is 15.4 Å². The van der Waals surface area contributed by atoms with Crippen molar-refractivity contribution in [2.45, 2.75) is 19.9 Å². The van der Waals surface area contributed by atoms with E-state index in [1.165, 1.54) is 25.6 Å². The second-order valence-corrected chi connectivity index (χ2v) is 5.11. The Morgan fingerprint density at radius 1 is 1.17 bits per heavy atom. The number of esters is 1. The summed E-state index contributed by atoms with van der Waals surface area (Å²) in [6.07, 6.45) is 2.89. The van der Waals surface area contributed by atoms with Crippen molar-refractivity contribution in [1.82, 2.24) is 9.97 Å². The van der Waals surface area contributed by atoms with Crippen LogP contribution in [0.2, 0.25) is 0 Å². The molecule has 0 aliphatic rings. The normalized spacial score (nSPS) is 10.3. The molecule has 1 aromatic heterocycles. The minimum atomic E-state index is -0.468. The number of carbonyl (C=O) groups excluding carboxylic acids is 2. The first-order valence-corrected chi connectivity index (χ1v) is 7.08. The molecule has 0 atom stereocenters. The molecule has 2 aromatic rings. The monoisotopic (exact) mass is 314 g/mol. The molecule has 2 N–H and O–H groups in total. The molecule has 0 saturated carbocycles. The molecule has 0 unspecified atom stereocenters. The van der Waals surface area contributed by atoms with Crippen molar-refractivity contribution in [3.8, 4) is 0 Å². The molecule has 1 amide bonds. The van der Waals surface area contributed by atoms with Crippen LogP contribution < -0.4 is 10.6 Å². The number of hydrogen-bond donors (Lipinski definition) is 2. The molecule has 23 heavy (non-hydrogen) atoms. The minimum absolute atomic E-state index is 0.183. The predicted molar refractivity (Wildman–Crippen MR) is 86.5 cm³/mol. The quantitative estimate of drug-likeness (QED) is 0.823. The molecule has 120 valence electrons. The van der Waals surface area contributed by atoms with Gasteiger partial charge in [-0.15, -0.1) is 0 Å². The van der Waals surface area contributed by atoms with Gasteiger partial charge >= 0.3 is 5.97 Å². The van der Waals surface area contributed by atoms with Crippen LogP contribution in [-0.2, 0) is 4.74 Å². The van der Waals surface area contributed by atoms with Crippen LogP contribution in [0.5, 0.6) is 0 Å². The van der Waals surface area contributed by atoms with E-state index in [1.54, 1.807) is 18.2 Å². The summed E-state index contributed by atoms with van der Waals surface area (Å²) < 4.78 is 4.64. The average Bonchev–Trinajstić information content (AvgIpc) is 2.54. The van der Waals surface area contributed by atoms with Gasteiger partial charge in [-0.2, -0.15) is 0 Å². The van der Waals surface area contributed by atoms with E-state index in [4.69, 9.17) is 0 Å². The van der Waals surface area contributed by atoms with Crippen LogP contribution in [0, 0.1) is 0 Å². The number of carbonyl (C=O) groups is 2. The largest absolute Gasteiger partial charge is 0.465 e. The highest BCUT2D eigenvalue weighted by molar-refractivity contribution is 6.03. The van der Waals surface area contributed by atoms with Gasteiger partial charge in [0.2, 0.25) is 0 Å². The number of amides is 1. The Morgan fingerprint density at radius 2 is 1.96 bits per heavy atom. The lowest BCUT2D eigenvalue weighted by atomic mass is 10.2. The predicted octanol–water partition coefficient (Wildman–Crippen LogP) is 2.34. The van der Waals surface area contributed by atoms with Gasteiger partial charge in [-0.05, 0) is 32.0 Å². The first-order chi connectivity index (χ1) is 11.0. The molecule has 0 bridgehead atoms. The van der Waals surface area contributed by atoms with E-state index in [2.05, 4.69) is 25.3 Å². The van der Waals surface area contributed by atoms with Crippen LogP contribution in [0.1, 0.15) is 34.7 Å². The zero-order valence-corrected chi connectivity index (χ0v) is 13.2. The fourth-order valence-corrected chi connectivity index (χ4v) is 1.85.